The molecule has 3 rings (SSSR count). The number of primary amides is 1. The van der Waals surface area contributed by atoms with Crippen LogP contribution >= 0.6 is 0 Å². The summed E-state index contributed by atoms with van der Waals surface area (Å²) in [6, 6.07) is 5.81. The highest BCUT2D eigenvalue weighted by Gasteiger charge is 2.34. The fourth-order valence-electron chi connectivity index (χ4n) is 4.86. The molecule has 31 heavy (non-hydrogen) atoms. The average molecular weight is 432 g/mol. The molecular weight excluding hydrogens is 397 g/mol. The number of unbranched alkanes of at least 4 members (excludes halogenated alkanes) is 1. The third kappa shape index (κ3) is 6.60. The van der Waals surface area contributed by atoms with Gasteiger partial charge in [-0.05, 0) is 82.4 Å². The van der Waals surface area contributed by atoms with Crippen molar-refractivity contribution < 1.29 is 18.8 Å². The van der Waals surface area contributed by atoms with Crippen LogP contribution in [0.3, 0.4) is 0 Å². The number of rotatable bonds is 9. The van der Waals surface area contributed by atoms with Gasteiger partial charge in [0.1, 0.15) is 5.82 Å². The van der Waals surface area contributed by atoms with Gasteiger partial charge in [0.25, 0.3) is 0 Å². The number of likely N-dealkylation sites (tertiary alicyclic amines) is 1. The zero-order valence-electron chi connectivity index (χ0n) is 18.2. The van der Waals surface area contributed by atoms with Crippen LogP contribution in [0.15, 0.2) is 24.3 Å². The molecule has 1 heterocycles. The van der Waals surface area contributed by atoms with Crippen LogP contribution in [0.25, 0.3) is 0 Å². The first-order chi connectivity index (χ1) is 15.0. The van der Waals surface area contributed by atoms with Gasteiger partial charge in [-0.15, -0.1) is 0 Å². The van der Waals surface area contributed by atoms with E-state index < -0.39 is 0 Å². The van der Waals surface area contributed by atoms with Crippen molar-refractivity contribution in [3.05, 3.63) is 35.6 Å². The largest absolute Gasteiger partial charge is 0.369 e. The molecule has 1 aromatic carbocycles. The van der Waals surface area contributed by atoms with Gasteiger partial charge in [0.15, 0.2) is 5.78 Å². The summed E-state index contributed by atoms with van der Waals surface area (Å²) in [7, 11) is 0. The number of Topliss-reactive ketones (excluding diaryl/α,β-unsaturated/α-hetero) is 1. The number of halogens is 1. The van der Waals surface area contributed by atoms with Crippen LogP contribution in [-0.2, 0) is 9.59 Å². The van der Waals surface area contributed by atoms with E-state index in [1.165, 1.54) is 12.1 Å². The van der Waals surface area contributed by atoms with Gasteiger partial charge in [0, 0.05) is 29.9 Å². The van der Waals surface area contributed by atoms with Crippen LogP contribution in [0.5, 0.6) is 0 Å². The van der Waals surface area contributed by atoms with Crippen molar-refractivity contribution in [3.63, 3.8) is 0 Å². The number of carbonyl (C=O) groups excluding carboxylic acids is 3. The van der Waals surface area contributed by atoms with E-state index >= 15 is 0 Å². The molecule has 0 radical (unpaired) electrons. The number of carbonyl (C=O) groups is 3. The second-order valence-electron chi connectivity index (χ2n) is 8.89. The zero-order valence-corrected chi connectivity index (χ0v) is 18.2. The van der Waals surface area contributed by atoms with Crippen LogP contribution < -0.4 is 11.1 Å². The van der Waals surface area contributed by atoms with Crippen molar-refractivity contribution in [3.8, 4) is 0 Å². The molecule has 2 amide bonds. The quantitative estimate of drug-likeness (QED) is 0.464. The Morgan fingerprint density at radius 3 is 2.26 bits per heavy atom. The topological polar surface area (TPSA) is 92.5 Å². The molecule has 2 atom stereocenters. The maximum absolute atomic E-state index is 13.0. The minimum Gasteiger partial charge on any atom is -0.369 e. The first-order valence-corrected chi connectivity index (χ1v) is 11.5. The van der Waals surface area contributed by atoms with Crippen LogP contribution in [0.4, 0.5) is 4.39 Å². The van der Waals surface area contributed by atoms with Gasteiger partial charge in [-0.25, -0.2) is 4.39 Å². The third-order valence-corrected chi connectivity index (χ3v) is 6.76. The summed E-state index contributed by atoms with van der Waals surface area (Å²) >= 11 is 0. The summed E-state index contributed by atoms with van der Waals surface area (Å²) in [6.07, 6.45) is 6.89. The first kappa shape index (κ1) is 23.4. The Labute approximate surface area is 183 Å². The molecule has 7 heteroatoms. The van der Waals surface area contributed by atoms with Crippen molar-refractivity contribution in [2.24, 2.45) is 23.5 Å². The van der Waals surface area contributed by atoms with E-state index in [4.69, 9.17) is 5.73 Å². The molecule has 1 aliphatic carbocycles. The Bertz CT molecular complexity index is 760. The van der Waals surface area contributed by atoms with Gasteiger partial charge in [0.05, 0.1) is 0 Å². The predicted molar refractivity (Wildman–Crippen MR) is 117 cm³/mol. The number of benzene rings is 1. The standard InChI is InChI=1S/C24H34FN3O3/c25-19-9-7-17(8-10-19)22(29)18-11-15-28(16-12-18)14-4-3-13-27-24(31)21-6-2-1-5-20(21)23(26)30/h7-10,18,20-21H,1-6,11-16H2,(H2,26,30)(H,27,31). The lowest BCUT2D eigenvalue weighted by atomic mass is 9.78. The Morgan fingerprint density at radius 2 is 1.61 bits per heavy atom. The molecule has 0 bridgehead atoms. The van der Waals surface area contributed by atoms with Crippen molar-refractivity contribution in [2.75, 3.05) is 26.2 Å². The smallest absolute Gasteiger partial charge is 0.223 e. The van der Waals surface area contributed by atoms with E-state index in [1.807, 2.05) is 0 Å². The van der Waals surface area contributed by atoms with E-state index in [1.54, 1.807) is 12.1 Å². The summed E-state index contributed by atoms with van der Waals surface area (Å²) in [5, 5.41) is 2.98. The normalized spacial score (nSPS) is 22.7. The molecule has 6 nitrogen and oxygen atoms in total. The van der Waals surface area contributed by atoms with Crippen LogP contribution in [0, 0.1) is 23.6 Å². The second-order valence-corrected chi connectivity index (χ2v) is 8.89. The van der Waals surface area contributed by atoms with Gasteiger partial charge in [-0.2, -0.15) is 0 Å². The van der Waals surface area contributed by atoms with Gasteiger partial charge >= 0.3 is 0 Å². The van der Waals surface area contributed by atoms with Crippen molar-refractivity contribution in [1.29, 1.82) is 0 Å². The molecule has 1 aliphatic heterocycles. The molecule has 170 valence electrons. The SMILES string of the molecule is NC(=O)C1CCCCC1C(=O)NCCCCN1CCC(C(=O)c2ccc(F)cc2)CC1. The summed E-state index contributed by atoms with van der Waals surface area (Å²) < 4.78 is 13.0. The summed E-state index contributed by atoms with van der Waals surface area (Å²) in [5.74, 6) is -1.20. The number of amides is 2. The Balaban J connectivity index is 1.30. The molecule has 0 spiro atoms. The molecule has 2 unspecified atom stereocenters. The molecule has 2 fully saturated rings. The minimum absolute atomic E-state index is 0.00898. The highest BCUT2D eigenvalue weighted by Crippen LogP contribution is 2.30. The van der Waals surface area contributed by atoms with E-state index in [9.17, 15) is 18.8 Å². The number of hydrogen-bond acceptors (Lipinski definition) is 4. The van der Waals surface area contributed by atoms with Gasteiger partial charge in [0.2, 0.25) is 11.8 Å². The van der Waals surface area contributed by atoms with Crippen molar-refractivity contribution in [1.82, 2.24) is 10.2 Å². The monoisotopic (exact) mass is 431 g/mol. The molecule has 1 saturated carbocycles. The van der Waals surface area contributed by atoms with Gasteiger partial charge < -0.3 is 16.0 Å². The number of piperidine rings is 1. The Hall–Kier alpha value is -2.28. The summed E-state index contributed by atoms with van der Waals surface area (Å²) in [4.78, 5) is 38.9. The highest BCUT2D eigenvalue weighted by atomic mass is 19.1. The van der Waals surface area contributed by atoms with Gasteiger partial charge in [-0.3, -0.25) is 14.4 Å². The second kappa shape index (κ2) is 11.4. The fraction of sp³-hybridized carbons (Fsp3) is 0.625. The molecule has 1 aromatic rings. The molecule has 0 aromatic heterocycles. The highest BCUT2D eigenvalue weighted by molar-refractivity contribution is 5.97. The summed E-state index contributed by atoms with van der Waals surface area (Å²) in [6.45, 7) is 3.32. The van der Waals surface area contributed by atoms with Crippen LogP contribution in [-0.4, -0.2) is 48.7 Å². The van der Waals surface area contributed by atoms with E-state index in [2.05, 4.69) is 10.2 Å². The molecule has 2 aliphatic rings. The average Bonchev–Trinajstić information content (AvgIpc) is 2.79. The lowest BCUT2D eigenvalue weighted by Gasteiger charge is -2.31. The number of ketones is 1. The number of nitrogens with zero attached hydrogens (tertiary/aromatic N) is 1. The van der Waals surface area contributed by atoms with E-state index in [0.717, 1.165) is 64.6 Å². The fourth-order valence-corrected chi connectivity index (χ4v) is 4.86. The lowest BCUT2D eigenvalue weighted by Crippen LogP contribution is -2.42. The van der Waals surface area contributed by atoms with Crippen LogP contribution in [0.1, 0.15) is 61.7 Å². The third-order valence-electron chi connectivity index (χ3n) is 6.76. The maximum Gasteiger partial charge on any atom is 0.223 e. The Morgan fingerprint density at radius 1 is 0.968 bits per heavy atom. The van der Waals surface area contributed by atoms with Crippen molar-refractivity contribution in [2.45, 2.75) is 51.4 Å². The maximum atomic E-state index is 13.0. The zero-order chi connectivity index (χ0) is 22.2. The van der Waals surface area contributed by atoms with E-state index in [0.29, 0.717) is 18.5 Å². The number of nitrogens with one attached hydrogen (secondary N) is 1. The lowest BCUT2D eigenvalue weighted by molar-refractivity contribution is -0.134. The Kier molecular flexibility index (Phi) is 8.58. The summed E-state index contributed by atoms with van der Waals surface area (Å²) in [5.41, 5.74) is 6.05. The van der Waals surface area contributed by atoms with Crippen LogP contribution in [0.2, 0.25) is 0 Å². The molecular formula is C24H34FN3O3. The first-order valence-electron chi connectivity index (χ1n) is 11.5. The van der Waals surface area contributed by atoms with E-state index in [-0.39, 0.29) is 41.2 Å². The number of nitrogens with two attached hydrogens (primary N) is 1. The minimum atomic E-state index is -0.360. The predicted octanol–water partition coefficient (Wildman–Crippen LogP) is 2.91. The number of hydrogen-bond donors (Lipinski definition) is 2. The van der Waals surface area contributed by atoms with Gasteiger partial charge in [-0.1, -0.05) is 12.8 Å². The molecule has 3 N–H and O–H groups in total. The molecule has 1 saturated heterocycles. The van der Waals surface area contributed by atoms with Crippen molar-refractivity contribution >= 4 is 17.6 Å².